The van der Waals surface area contributed by atoms with Crippen molar-refractivity contribution in [3.05, 3.63) is 132 Å². The molecule has 5 aromatic rings. The molecule has 0 bridgehead atoms. The van der Waals surface area contributed by atoms with Gasteiger partial charge in [0.2, 0.25) is 5.91 Å². The van der Waals surface area contributed by atoms with Crippen LogP contribution in [-0.4, -0.2) is 49.4 Å². The molecular formula is C34H28F3N3O5S. The number of benzene rings is 4. The maximum absolute atomic E-state index is 14.3. The van der Waals surface area contributed by atoms with Gasteiger partial charge in [0.05, 0.1) is 34.5 Å². The number of halogens is 3. The van der Waals surface area contributed by atoms with Gasteiger partial charge in [-0.1, -0.05) is 60.7 Å². The van der Waals surface area contributed by atoms with Crippen molar-refractivity contribution in [3.63, 3.8) is 0 Å². The van der Waals surface area contributed by atoms with E-state index in [2.05, 4.69) is 5.32 Å². The van der Waals surface area contributed by atoms with Crippen LogP contribution in [0, 0.1) is 0 Å². The van der Waals surface area contributed by atoms with Gasteiger partial charge < -0.3 is 15.0 Å². The zero-order valence-corrected chi connectivity index (χ0v) is 25.3. The van der Waals surface area contributed by atoms with Gasteiger partial charge in [-0.15, -0.1) is 0 Å². The van der Waals surface area contributed by atoms with Crippen molar-refractivity contribution in [3.8, 4) is 0 Å². The largest absolute Gasteiger partial charge is 0.416 e. The Morgan fingerprint density at radius 2 is 1.59 bits per heavy atom. The number of hydrogen-bond donors (Lipinski definition) is 1. The molecule has 2 atom stereocenters. The van der Waals surface area contributed by atoms with Crippen LogP contribution in [0.1, 0.15) is 39.0 Å². The second-order valence-electron chi connectivity index (χ2n) is 10.8. The molecule has 236 valence electrons. The Labute approximate surface area is 263 Å². The van der Waals surface area contributed by atoms with E-state index in [1.807, 2.05) is 0 Å². The van der Waals surface area contributed by atoms with Gasteiger partial charge in [0.1, 0.15) is 0 Å². The fourth-order valence-corrected chi connectivity index (χ4v) is 7.36. The van der Waals surface area contributed by atoms with Crippen molar-refractivity contribution in [1.82, 2.24) is 8.87 Å². The van der Waals surface area contributed by atoms with Crippen molar-refractivity contribution < 1.29 is 35.9 Å². The predicted octanol–water partition coefficient (Wildman–Crippen LogP) is 6.46. The van der Waals surface area contributed by atoms with Crippen LogP contribution in [0.15, 0.2) is 114 Å². The first-order valence-corrected chi connectivity index (χ1v) is 15.7. The standard InChI is InChI=1S/C34H28F3N3O5S/c1-45-19-18-39-31(28-21-40(29-17-8-7-14-25(28)29)46(43,44)24-12-3-2-4-13-24)30(26-15-5-6-16-27(26)33(39)42)32(41)38-23-11-9-10-22(20-23)34(35,36)37/h2-17,20-21,30-31H,18-19H2,1H3,(H,38,41)/t30-,31-/m1/s1. The van der Waals surface area contributed by atoms with Crippen LogP contribution in [0.3, 0.4) is 0 Å². The van der Waals surface area contributed by atoms with Gasteiger partial charge in [0, 0.05) is 42.1 Å². The molecule has 0 fully saturated rings. The van der Waals surface area contributed by atoms with Crippen LogP contribution in [-0.2, 0) is 25.7 Å². The highest BCUT2D eigenvalue weighted by Crippen LogP contribution is 2.46. The topological polar surface area (TPSA) is 97.7 Å². The number of anilines is 1. The molecule has 0 unspecified atom stereocenters. The highest BCUT2D eigenvalue weighted by atomic mass is 32.2. The van der Waals surface area contributed by atoms with E-state index in [1.165, 1.54) is 42.5 Å². The number of nitrogens with zero attached hydrogens (tertiary/aromatic N) is 2. The minimum Gasteiger partial charge on any atom is -0.383 e. The van der Waals surface area contributed by atoms with Crippen LogP contribution in [0.4, 0.5) is 18.9 Å². The molecule has 4 aromatic carbocycles. The van der Waals surface area contributed by atoms with E-state index in [0.29, 0.717) is 22.0 Å². The van der Waals surface area contributed by atoms with Crippen molar-refractivity contribution in [2.45, 2.75) is 23.0 Å². The number of methoxy groups -OCH3 is 1. The first-order valence-electron chi connectivity index (χ1n) is 14.3. The quantitative estimate of drug-likeness (QED) is 0.209. The molecule has 1 N–H and O–H groups in total. The number of aromatic nitrogens is 1. The normalized spacial score (nSPS) is 16.8. The third-order valence-electron chi connectivity index (χ3n) is 8.04. The number of hydrogen-bond acceptors (Lipinski definition) is 5. The lowest BCUT2D eigenvalue weighted by atomic mass is 9.79. The van der Waals surface area contributed by atoms with Crippen molar-refractivity contribution in [2.24, 2.45) is 0 Å². The number of fused-ring (bicyclic) bond motifs is 2. The van der Waals surface area contributed by atoms with Crippen molar-refractivity contribution in [1.29, 1.82) is 0 Å². The maximum atomic E-state index is 14.3. The van der Waals surface area contributed by atoms with Gasteiger partial charge in [-0.25, -0.2) is 12.4 Å². The van der Waals surface area contributed by atoms with Gasteiger partial charge in [0.25, 0.3) is 15.9 Å². The Balaban J connectivity index is 1.56. The summed E-state index contributed by atoms with van der Waals surface area (Å²) in [6, 6.07) is 24.4. The van der Waals surface area contributed by atoms with E-state index in [0.717, 1.165) is 16.1 Å². The lowest BCUT2D eigenvalue weighted by molar-refractivity contribution is -0.137. The van der Waals surface area contributed by atoms with Crippen LogP contribution in [0.5, 0.6) is 0 Å². The average Bonchev–Trinajstić information content (AvgIpc) is 3.44. The van der Waals surface area contributed by atoms with Crippen LogP contribution in [0.2, 0.25) is 0 Å². The van der Waals surface area contributed by atoms with E-state index in [-0.39, 0.29) is 29.3 Å². The molecule has 1 aromatic heterocycles. The van der Waals surface area contributed by atoms with Gasteiger partial charge in [-0.2, -0.15) is 13.2 Å². The molecule has 0 radical (unpaired) electrons. The molecule has 6 rings (SSSR count). The van der Waals surface area contributed by atoms with E-state index < -0.39 is 45.5 Å². The van der Waals surface area contributed by atoms with Crippen LogP contribution >= 0.6 is 0 Å². The minimum absolute atomic E-state index is 0.0439. The molecular weight excluding hydrogens is 619 g/mol. The average molecular weight is 648 g/mol. The third-order valence-corrected chi connectivity index (χ3v) is 9.73. The fraction of sp³-hybridized carbons (Fsp3) is 0.176. The number of alkyl halides is 3. The molecule has 0 saturated carbocycles. The predicted molar refractivity (Wildman–Crippen MR) is 166 cm³/mol. The first kappa shape index (κ1) is 31.1. The Morgan fingerprint density at radius 3 is 2.33 bits per heavy atom. The number of rotatable bonds is 8. The molecule has 1 aliphatic rings. The SMILES string of the molecule is COCCN1C(=O)c2ccccc2[C@@H](C(=O)Nc2cccc(C(F)(F)F)c2)[C@H]1c1cn(S(=O)(=O)c2ccccc2)c2ccccc12. The summed E-state index contributed by atoms with van der Waals surface area (Å²) in [4.78, 5) is 29.8. The number of carbonyl (C=O) groups is 2. The van der Waals surface area contributed by atoms with E-state index in [4.69, 9.17) is 4.74 Å². The van der Waals surface area contributed by atoms with Crippen molar-refractivity contribution in [2.75, 3.05) is 25.6 Å². The van der Waals surface area contributed by atoms with Gasteiger partial charge in [-0.05, 0) is 48.0 Å². The Hall–Kier alpha value is -4.94. The number of amides is 2. The molecule has 2 heterocycles. The second kappa shape index (κ2) is 12.1. The number of carbonyl (C=O) groups excluding carboxylic acids is 2. The monoisotopic (exact) mass is 647 g/mol. The molecule has 12 heteroatoms. The summed E-state index contributed by atoms with van der Waals surface area (Å²) in [5, 5.41) is 3.12. The summed E-state index contributed by atoms with van der Waals surface area (Å²) in [6.07, 6.45) is -3.21. The van der Waals surface area contributed by atoms with Crippen LogP contribution in [0.25, 0.3) is 10.9 Å². The van der Waals surface area contributed by atoms with E-state index >= 15 is 0 Å². The van der Waals surface area contributed by atoms with Crippen LogP contribution < -0.4 is 5.32 Å². The summed E-state index contributed by atoms with van der Waals surface area (Å²) in [5.74, 6) is -2.21. The summed E-state index contributed by atoms with van der Waals surface area (Å²) in [6.45, 7) is 0.153. The third kappa shape index (κ3) is 5.54. The Morgan fingerprint density at radius 1 is 0.891 bits per heavy atom. The molecule has 0 aliphatic carbocycles. The molecule has 1 aliphatic heterocycles. The highest BCUT2D eigenvalue weighted by molar-refractivity contribution is 7.90. The summed E-state index contributed by atoms with van der Waals surface area (Å²) < 4.78 is 74.8. The summed E-state index contributed by atoms with van der Waals surface area (Å²) in [5.41, 5.74) is 0.301. The second-order valence-corrected chi connectivity index (χ2v) is 12.6. The van der Waals surface area contributed by atoms with E-state index in [9.17, 15) is 31.2 Å². The lowest BCUT2D eigenvalue weighted by Crippen LogP contribution is -2.47. The van der Waals surface area contributed by atoms with E-state index in [1.54, 1.807) is 66.7 Å². The molecule has 0 spiro atoms. The maximum Gasteiger partial charge on any atom is 0.416 e. The van der Waals surface area contributed by atoms with Gasteiger partial charge in [0.15, 0.2) is 0 Å². The zero-order chi connectivity index (χ0) is 32.6. The van der Waals surface area contributed by atoms with Crippen molar-refractivity contribution >= 4 is 38.4 Å². The number of nitrogens with one attached hydrogen (secondary N) is 1. The lowest BCUT2D eigenvalue weighted by Gasteiger charge is -2.41. The molecule has 46 heavy (non-hydrogen) atoms. The van der Waals surface area contributed by atoms with Gasteiger partial charge in [-0.3, -0.25) is 9.59 Å². The fourth-order valence-electron chi connectivity index (χ4n) is 5.97. The summed E-state index contributed by atoms with van der Waals surface area (Å²) in [7, 11) is -2.65. The number of para-hydroxylation sites is 1. The van der Waals surface area contributed by atoms with Gasteiger partial charge >= 0.3 is 6.18 Å². The first-order chi connectivity index (χ1) is 22.0. The molecule has 2 amide bonds. The minimum atomic E-state index is -4.63. The zero-order valence-electron chi connectivity index (χ0n) is 24.4. The highest BCUT2D eigenvalue weighted by Gasteiger charge is 2.45. The summed E-state index contributed by atoms with van der Waals surface area (Å²) >= 11 is 0. The Kier molecular flexibility index (Phi) is 8.17. The Bertz CT molecular complexity index is 2040. The molecule has 8 nitrogen and oxygen atoms in total. The number of ether oxygens (including phenoxy) is 1. The smallest absolute Gasteiger partial charge is 0.383 e. The molecule has 0 saturated heterocycles.